The minimum atomic E-state index is 0. The first-order chi connectivity index (χ1) is 11.8. The molecule has 3 unspecified atom stereocenters. The second-order valence-electron chi connectivity index (χ2n) is 6.55. The molecule has 0 aromatic carbocycles. The predicted molar refractivity (Wildman–Crippen MR) is 103 cm³/mol. The van der Waals surface area contributed by atoms with Crippen molar-refractivity contribution < 1.29 is 19.5 Å². The summed E-state index contributed by atoms with van der Waals surface area (Å²) in [5.74, 6) is 0. The van der Waals surface area contributed by atoms with E-state index in [2.05, 4.69) is 39.5 Å². The molecule has 0 aliphatic carbocycles. The van der Waals surface area contributed by atoms with Crippen LogP contribution in [-0.4, -0.2) is 71.5 Å². The Kier molecular flexibility index (Phi) is 12.6. The van der Waals surface area contributed by atoms with Gasteiger partial charge in [0.25, 0.3) is 0 Å². The third-order valence-corrected chi connectivity index (χ3v) is 4.54. The second kappa shape index (κ2) is 13.8. The predicted octanol–water partition coefficient (Wildman–Crippen LogP) is 1.09. The molecule has 0 bridgehead atoms. The van der Waals surface area contributed by atoms with Crippen LogP contribution in [0.5, 0.6) is 0 Å². The fourth-order valence-electron chi connectivity index (χ4n) is 3.18. The maximum atomic E-state index is 5.06. The van der Waals surface area contributed by atoms with Gasteiger partial charge in [-0.2, -0.15) is 0 Å². The molecule has 1 saturated heterocycles. The minimum Gasteiger partial charge on any atom is -0.682 e. The molecule has 0 amide bonds. The molecule has 25 heavy (non-hydrogen) atoms. The molecule has 6 nitrogen and oxygen atoms in total. The minimum absolute atomic E-state index is 0. The number of allylic oxidation sites excluding steroid dienone is 2. The van der Waals surface area contributed by atoms with Crippen LogP contribution in [0.4, 0.5) is 0 Å². The quantitative estimate of drug-likeness (QED) is 0.310. The Hall–Kier alpha value is -0.297. The van der Waals surface area contributed by atoms with Crippen LogP contribution >= 0.6 is 0 Å². The van der Waals surface area contributed by atoms with Crippen LogP contribution in [-0.2, 0) is 19.5 Å². The number of hydrogen-bond acceptors (Lipinski definition) is 4. The second-order valence-corrected chi connectivity index (χ2v) is 6.55. The van der Waals surface area contributed by atoms with Crippen LogP contribution in [0.25, 0.3) is 10.6 Å². The molecule has 2 aliphatic heterocycles. The topological polar surface area (TPSA) is 76.3 Å². The zero-order valence-corrected chi connectivity index (χ0v) is 18.9. The zero-order valence-electron chi connectivity index (χ0n) is 15.9. The Balaban J connectivity index is 0.00000312. The molecule has 3 atom stereocenters. The number of nitrogens with one attached hydrogen (secondary N) is 4. The number of hydrogen-bond donors (Lipinski definition) is 4. The number of rotatable bonds is 11. The Labute approximate surface area is 166 Å². The summed E-state index contributed by atoms with van der Waals surface area (Å²) in [6.07, 6.45) is 10.1. The fourth-order valence-corrected chi connectivity index (χ4v) is 3.18. The van der Waals surface area contributed by atoms with Gasteiger partial charge in [-0.15, -0.1) is 29.9 Å². The molecule has 2 heterocycles. The van der Waals surface area contributed by atoms with Crippen LogP contribution < -0.4 is 21.3 Å². The van der Waals surface area contributed by atoms with Crippen molar-refractivity contribution in [1.29, 1.82) is 0 Å². The van der Waals surface area contributed by atoms with Gasteiger partial charge in [-0.1, -0.05) is 31.4 Å². The monoisotopic (exact) mass is 398 g/mol. The van der Waals surface area contributed by atoms with Crippen molar-refractivity contribution in [2.75, 3.05) is 53.4 Å². The van der Waals surface area contributed by atoms with Gasteiger partial charge in [0.2, 0.25) is 0 Å². The van der Waals surface area contributed by atoms with E-state index in [-0.39, 0.29) is 25.5 Å². The number of nitrogens with zero attached hydrogens (tertiary/aromatic N) is 2. The van der Waals surface area contributed by atoms with Crippen molar-refractivity contribution in [3.8, 4) is 0 Å². The van der Waals surface area contributed by atoms with Gasteiger partial charge in [-0.3, -0.25) is 0 Å². The summed E-state index contributed by atoms with van der Waals surface area (Å²) < 4.78 is 0. The van der Waals surface area contributed by atoms with E-state index >= 15 is 0 Å². The Bertz CT molecular complexity index is 401. The third kappa shape index (κ3) is 8.76. The van der Waals surface area contributed by atoms with Crippen LogP contribution in [0.15, 0.2) is 23.9 Å². The summed E-state index contributed by atoms with van der Waals surface area (Å²) >= 11 is 0. The van der Waals surface area contributed by atoms with Gasteiger partial charge in [0.1, 0.15) is 0 Å². The maximum Gasteiger partial charge on any atom is 2.00 e. The fraction of sp³-hybridized carbons (Fsp3) is 0.778. The summed E-state index contributed by atoms with van der Waals surface area (Å²) in [6.45, 7) is 5.78. The largest absolute Gasteiger partial charge is 2.00 e. The number of likely N-dealkylation sites (N-methyl/N-ethyl adjacent to an activating group) is 2. The first kappa shape index (κ1) is 22.7. The zero-order chi connectivity index (χ0) is 17.0. The van der Waals surface area contributed by atoms with Crippen molar-refractivity contribution in [3.63, 3.8) is 0 Å². The molecule has 1 fully saturated rings. The first-order valence-corrected chi connectivity index (χ1v) is 9.32. The summed E-state index contributed by atoms with van der Waals surface area (Å²) in [7, 11) is 3.96. The van der Waals surface area contributed by atoms with Crippen molar-refractivity contribution in [1.82, 2.24) is 21.3 Å². The molecule has 7 heteroatoms. The Morgan fingerprint density at radius 2 is 1.80 bits per heavy atom. The Morgan fingerprint density at radius 1 is 1.04 bits per heavy atom. The van der Waals surface area contributed by atoms with E-state index < -0.39 is 0 Å². The van der Waals surface area contributed by atoms with E-state index in [4.69, 9.17) is 10.6 Å². The SMILES string of the molecule is CNCCNCC1=CC=CC(C2CCCC(CNCCNC)[N-]2)[N-]1.[Zn+2]. The standard InChI is InChI=1S/C18H34N6.Zn/c1-19-9-11-21-13-15-5-3-7-17(23-15)18-8-4-6-16(24-18)14-22-12-10-20-2;/h3,5,7,16-22H,4,6,8-14H2,1-2H3;/q-2;+2. The van der Waals surface area contributed by atoms with Gasteiger partial charge in [0.05, 0.1) is 0 Å². The molecular weight excluding hydrogens is 366 g/mol. The summed E-state index contributed by atoms with van der Waals surface area (Å²) in [6, 6.07) is 0.996. The molecule has 0 saturated carbocycles. The van der Waals surface area contributed by atoms with Gasteiger partial charge in [0, 0.05) is 32.7 Å². The van der Waals surface area contributed by atoms with E-state index in [1.165, 1.54) is 12.8 Å². The maximum absolute atomic E-state index is 5.06. The summed E-state index contributed by atoms with van der Waals surface area (Å²) in [5.41, 5.74) is 1.14. The summed E-state index contributed by atoms with van der Waals surface area (Å²) in [5, 5.41) is 23.2. The molecule has 0 spiro atoms. The third-order valence-electron chi connectivity index (χ3n) is 4.54. The van der Waals surface area contributed by atoms with Crippen LogP contribution in [0.2, 0.25) is 0 Å². The van der Waals surface area contributed by atoms with Crippen molar-refractivity contribution in [2.24, 2.45) is 0 Å². The average molecular weight is 400 g/mol. The van der Waals surface area contributed by atoms with Gasteiger partial charge in [0.15, 0.2) is 0 Å². The summed E-state index contributed by atoms with van der Waals surface area (Å²) in [4.78, 5) is 0. The smallest absolute Gasteiger partial charge is 0.682 e. The first-order valence-electron chi connectivity index (χ1n) is 9.32. The molecular formula is C18H34N6Zn. The van der Waals surface area contributed by atoms with Crippen LogP contribution in [0.3, 0.4) is 0 Å². The molecule has 0 aromatic rings. The van der Waals surface area contributed by atoms with Crippen molar-refractivity contribution in [2.45, 2.75) is 37.4 Å². The van der Waals surface area contributed by atoms with Crippen LogP contribution in [0.1, 0.15) is 19.3 Å². The normalized spacial score (nSPS) is 25.8. The number of piperidine rings is 1. The van der Waals surface area contributed by atoms with E-state index in [9.17, 15) is 0 Å². The van der Waals surface area contributed by atoms with E-state index in [1.807, 2.05) is 14.1 Å². The van der Waals surface area contributed by atoms with Gasteiger partial charge < -0.3 is 31.9 Å². The molecule has 138 valence electrons. The van der Waals surface area contributed by atoms with Crippen molar-refractivity contribution >= 4 is 0 Å². The van der Waals surface area contributed by atoms with Crippen molar-refractivity contribution in [3.05, 3.63) is 34.6 Å². The van der Waals surface area contributed by atoms with Crippen LogP contribution in [0, 0.1) is 0 Å². The molecule has 0 aromatic heterocycles. The van der Waals surface area contributed by atoms with Gasteiger partial charge >= 0.3 is 19.5 Å². The van der Waals surface area contributed by atoms with E-state index in [0.29, 0.717) is 12.1 Å². The Morgan fingerprint density at radius 3 is 2.56 bits per heavy atom. The van der Waals surface area contributed by atoms with Gasteiger partial charge in [-0.25, -0.2) is 0 Å². The molecule has 2 aliphatic rings. The van der Waals surface area contributed by atoms with E-state index in [1.54, 1.807) is 0 Å². The molecule has 0 radical (unpaired) electrons. The molecule has 2 rings (SSSR count). The van der Waals surface area contributed by atoms with Gasteiger partial charge in [-0.05, 0) is 20.6 Å². The van der Waals surface area contributed by atoms with E-state index in [0.717, 1.165) is 51.4 Å². The molecule has 4 N–H and O–H groups in total. The average Bonchev–Trinajstić information content (AvgIpc) is 2.63.